The highest BCUT2D eigenvalue weighted by molar-refractivity contribution is 7.54. The Bertz CT molecular complexity index is 838. The standard InChI is InChI=1S/C14H22N5O7P/c1-3-24-27(23,25-4-2)14(22)10-8(20)9(21)13(26-10)19-6-18-7-11(15)16-5-17-12(7)19/h5-6,8-10,13-14,20-22H,3-4H2,1-2H3,(H2,15,16,17)/t8?,9?,10-,13+,14?/m0/s1. The lowest BCUT2D eigenvalue weighted by Gasteiger charge is -2.27. The van der Waals surface area contributed by atoms with Gasteiger partial charge in [0.2, 0.25) is 0 Å². The average molecular weight is 403 g/mol. The van der Waals surface area contributed by atoms with Crippen molar-refractivity contribution in [2.24, 2.45) is 0 Å². The fourth-order valence-corrected chi connectivity index (χ4v) is 4.65. The molecule has 0 spiro atoms. The summed E-state index contributed by atoms with van der Waals surface area (Å²) in [5.74, 6) is -1.66. The van der Waals surface area contributed by atoms with Gasteiger partial charge in [-0.15, -0.1) is 0 Å². The predicted molar refractivity (Wildman–Crippen MR) is 92.5 cm³/mol. The minimum absolute atomic E-state index is 0.0193. The zero-order valence-corrected chi connectivity index (χ0v) is 15.6. The van der Waals surface area contributed by atoms with E-state index < -0.39 is 38.0 Å². The Hall–Kier alpha value is -1.66. The molecule has 27 heavy (non-hydrogen) atoms. The van der Waals surface area contributed by atoms with Crippen LogP contribution in [-0.2, 0) is 18.3 Å². The molecule has 12 nitrogen and oxygen atoms in total. The van der Waals surface area contributed by atoms with Crippen molar-refractivity contribution in [2.45, 2.75) is 44.2 Å². The highest BCUT2D eigenvalue weighted by Gasteiger charge is 2.53. The normalized spacial score (nSPS) is 27.3. The summed E-state index contributed by atoms with van der Waals surface area (Å²) in [6, 6.07) is 0. The minimum atomic E-state index is -3.99. The molecule has 0 radical (unpaired) electrons. The molecule has 1 saturated heterocycles. The van der Waals surface area contributed by atoms with Crippen LogP contribution in [0.1, 0.15) is 20.1 Å². The monoisotopic (exact) mass is 403 g/mol. The predicted octanol–water partition coefficient (Wildman–Crippen LogP) is -0.388. The number of aromatic nitrogens is 4. The van der Waals surface area contributed by atoms with Crippen LogP contribution in [-0.4, -0.2) is 72.2 Å². The molecule has 3 unspecified atom stereocenters. The van der Waals surface area contributed by atoms with Gasteiger partial charge in [-0.25, -0.2) is 15.0 Å². The van der Waals surface area contributed by atoms with E-state index >= 15 is 0 Å². The second kappa shape index (κ2) is 7.76. The molecule has 2 aromatic heterocycles. The van der Waals surface area contributed by atoms with Crippen LogP contribution in [0.25, 0.3) is 11.2 Å². The number of nitrogens with zero attached hydrogens (tertiary/aromatic N) is 4. The van der Waals surface area contributed by atoms with Gasteiger partial charge in [-0.3, -0.25) is 9.13 Å². The van der Waals surface area contributed by atoms with Crippen LogP contribution in [0.15, 0.2) is 12.7 Å². The van der Waals surface area contributed by atoms with E-state index in [2.05, 4.69) is 15.0 Å². The van der Waals surface area contributed by atoms with Gasteiger partial charge in [-0.2, -0.15) is 0 Å². The van der Waals surface area contributed by atoms with Crippen molar-refractivity contribution in [3.05, 3.63) is 12.7 Å². The second-order valence-corrected chi connectivity index (χ2v) is 7.97. The average Bonchev–Trinajstić information content (AvgIpc) is 3.18. The highest BCUT2D eigenvalue weighted by atomic mass is 31.2. The lowest BCUT2D eigenvalue weighted by atomic mass is 10.1. The molecule has 1 aliphatic heterocycles. The third-order valence-electron chi connectivity index (χ3n) is 4.17. The number of fused-ring (bicyclic) bond motifs is 1. The number of nitrogens with two attached hydrogens (primary N) is 1. The number of hydrogen-bond acceptors (Lipinski definition) is 11. The lowest BCUT2D eigenvalue weighted by molar-refractivity contribution is -0.0685. The molecular weight excluding hydrogens is 381 g/mol. The number of anilines is 1. The van der Waals surface area contributed by atoms with Crippen LogP contribution in [0, 0.1) is 0 Å². The number of aliphatic hydroxyl groups is 3. The van der Waals surface area contributed by atoms with E-state index in [4.69, 9.17) is 19.5 Å². The maximum absolute atomic E-state index is 12.8. The number of imidazole rings is 1. The maximum Gasteiger partial charge on any atom is 0.361 e. The first-order valence-corrected chi connectivity index (χ1v) is 9.96. The molecular formula is C14H22N5O7P. The fourth-order valence-electron chi connectivity index (χ4n) is 2.95. The number of nitrogen functional groups attached to an aromatic ring is 1. The van der Waals surface area contributed by atoms with E-state index in [1.807, 2.05) is 0 Å². The zero-order chi connectivity index (χ0) is 19.8. The molecule has 0 bridgehead atoms. The van der Waals surface area contributed by atoms with Gasteiger partial charge in [0.15, 0.2) is 23.5 Å². The van der Waals surface area contributed by atoms with Crippen LogP contribution in [0.4, 0.5) is 5.82 Å². The molecule has 1 aliphatic rings. The molecule has 3 rings (SSSR count). The first-order valence-electron chi connectivity index (χ1n) is 8.35. The molecule has 0 amide bonds. The molecule has 0 aromatic carbocycles. The fraction of sp³-hybridized carbons (Fsp3) is 0.643. The summed E-state index contributed by atoms with van der Waals surface area (Å²) < 4.78 is 29.9. The highest BCUT2D eigenvalue weighted by Crippen LogP contribution is 2.55. The largest absolute Gasteiger partial charge is 0.387 e. The van der Waals surface area contributed by atoms with Crippen LogP contribution in [0.2, 0.25) is 0 Å². The molecule has 1 fully saturated rings. The number of hydrogen-bond donors (Lipinski definition) is 4. The molecule has 5 atom stereocenters. The van der Waals surface area contributed by atoms with E-state index in [1.165, 1.54) is 17.2 Å². The Balaban J connectivity index is 1.91. The Kier molecular flexibility index (Phi) is 5.77. The molecule has 5 N–H and O–H groups in total. The van der Waals surface area contributed by atoms with Crippen molar-refractivity contribution >= 4 is 24.6 Å². The van der Waals surface area contributed by atoms with Crippen LogP contribution < -0.4 is 5.73 Å². The van der Waals surface area contributed by atoms with Crippen molar-refractivity contribution in [3.63, 3.8) is 0 Å². The van der Waals surface area contributed by atoms with E-state index in [-0.39, 0.29) is 24.7 Å². The van der Waals surface area contributed by atoms with Gasteiger partial charge in [0.05, 0.1) is 19.5 Å². The summed E-state index contributed by atoms with van der Waals surface area (Å²) in [5.41, 5.74) is 6.30. The lowest BCUT2D eigenvalue weighted by Crippen LogP contribution is -2.39. The maximum atomic E-state index is 12.8. The molecule has 3 heterocycles. The Morgan fingerprint density at radius 2 is 1.93 bits per heavy atom. The van der Waals surface area contributed by atoms with Crippen molar-refractivity contribution in [3.8, 4) is 0 Å². The SMILES string of the molecule is CCOP(=O)(OCC)C(O)[C@H]1O[C@@H](n2cnc3c(N)ncnc32)C(O)C1O. The minimum Gasteiger partial charge on any atom is -0.387 e. The van der Waals surface area contributed by atoms with Gasteiger partial charge < -0.3 is 34.8 Å². The molecule has 2 aromatic rings. The van der Waals surface area contributed by atoms with E-state index in [1.54, 1.807) is 13.8 Å². The van der Waals surface area contributed by atoms with Crippen molar-refractivity contribution < 1.29 is 33.7 Å². The number of rotatable bonds is 7. The Morgan fingerprint density at radius 1 is 1.26 bits per heavy atom. The van der Waals surface area contributed by atoms with Crippen molar-refractivity contribution in [1.82, 2.24) is 19.5 Å². The molecule has 0 aliphatic carbocycles. The molecule has 0 saturated carbocycles. The third-order valence-corrected chi connectivity index (χ3v) is 6.35. The Labute approximate surface area is 154 Å². The van der Waals surface area contributed by atoms with Gasteiger partial charge in [0.25, 0.3) is 0 Å². The second-order valence-electron chi connectivity index (χ2n) is 5.84. The van der Waals surface area contributed by atoms with Crippen molar-refractivity contribution in [1.29, 1.82) is 0 Å². The first kappa shape index (κ1) is 20.1. The molecule has 13 heteroatoms. The quantitative estimate of drug-likeness (QED) is 0.443. The summed E-state index contributed by atoms with van der Waals surface area (Å²) in [5, 5.41) is 31.3. The molecule has 150 valence electrons. The van der Waals surface area contributed by atoms with Gasteiger partial charge in [0, 0.05) is 0 Å². The topological polar surface area (TPSA) is 175 Å². The van der Waals surface area contributed by atoms with E-state index in [0.717, 1.165) is 0 Å². The van der Waals surface area contributed by atoms with Crippen LogP contribution >= 0.6 is 7.60 Å². The first-order chi connectivity index (χ1) is 12.8. The van der Waals surface area contributed by atoms with Crippen molar-refractivity contribution in [2.75, 3.05) is 18.9 Å². The number of aliphatic hydroxyl groups excluding tert-OH is 3. The Morgan fingerprint density at radius 3 is 2.56 bits per heavy atom. The van der Waals surface area contributed by atoms with Crippen LogP contribution in [0.3, 0.4) is 0 Å². The summed E-state index contributed by atoms with van der Waals surface area (Å²) in [7, 11) is -3.99. The van der Waals surface area contributed by atoms with Gasteiger partial charge >= 0.3 is 7.60 Å². The summed E-state index contributed by atoms with van der Waals surface area (Å²) in [6.07, 6.45) is -3.07. The number of ether oxygens (including phenoxy) is 1. The van der Waals surface area contributed by atoms with Gasteiger partial charge in [-0.1, -0.05) is 0 Å². The van der Waals surface area contributed by atoms with Gasteiger partial charge in [0.1, 0.15) is 30.2 Å². The van der Waals surface area contributed by atoms with E-state index in [0.29, 0.717) is 5.52 Å². The summed E-state index contributed by atoms with van der Waals surface area (Å²) >= 11 is 0. The zero-order valence-electron chi connectivity index (χ0n) is 14.7. The summed E-state index contributed by atoms with van der Waals surface area (Å²) in [4.78, 5) is 12.0. The summed E-state index contributed by atoms with van der Waals surface area (Å²) in [6.45, 7) is 3.21. The third kappa shape index (κ3) is 3.45. The van der Waals surface area contributed by atoms with Crippen LogP contribution in [0.5, 0.6) is 0 Å². The van der Waals surface area contributed by atoms with E-state index in [9.17, 15) is 19.9 Å². The van der Waals surface area contributed by atoms with Gasteiger partial charge in [-0.05, 0) is 13.8 Å². The smallest absolute Gasteiger partial charge is 0.361 e.